The molecule has 0 aliphatic heterocycles. The summed E-state index contributed by atoms with van der Waals surface area (Å²) in [6.45, 7) is 0. The molecule has 1 aromatic carbocycles. The Morgan fingerprint density at radius 1 is 1.23 bits per heavy atom. The highest BCUT2D eigenvalue weighted by Crippen LogP contribution is 2.29. The van der Waals surface area contributed by atoms with Gasteiger partial charge < -0.3 is 14.0 Å². The monoisotopic (exact) mass is 367 g/mol. The maximum Gasteiger partial charge on any atom is 0.263 e. The van der Waals surface area contributed by atoms with Crippen molar-refractivity contribution in [2.75, 3.05) is 7.11 Å². The Hall–Kier alpha value is -3.33. The van der Waals surface area contributed by atoms with Gasteiger partial charge >= 0.3 is 0 Å². The summed E-state index contributed by atoms with van der Waals surface area (Å²) >= 11 is 1.54. The van der Waals surface area contributed by atoms with Crippen molar-refractivity contribution in [2.24, 2.45) is 5.16 Å². The molecule has 3 heterocycles. The normalized spacial score (nSPS) is 12.5. The van der Waals surface area contributed by atoms with E-state index in [2.05, 4.69) is 25.3 Å². The van der Waals surface area contributed by atoms with Crippen LogP contribution in [0.25, 0.3) is 10.2 Å². The lowest BCUT2D eigenvalue weighted by atomic mass is 10.1. The molecule has 0 aliphatic rings. The number of benzene rings is 1. The van der Waals surface area contributed by atoms with Gasteiger partial charge in [-0.15, -0.1) is 21.5 Å². The highest BCUT2D eigenvalue weighted by Gasteiger charge is 2.23. The molecule has 0 radical (unpaired) electrons. The van der Waals surface area contributed by atoms with Gasteiger partial charge in [0.1, 0.15) is 12.9 Å². The second kappa shape index (κ2) is 7.28. The minimum absolute atomic E-state index is 0.308. The van der Waals surface area contributed by atoms with Crippen LogP contribution >= 0.6 is 11.3 Å². The van der Waals surface area contributed by atoms with E-state index in [9.17, 15) is 0 Å². The van der Waals surface area contributed by atoms with Gasteiger partial charge in [-0.3, -0.25) is 4.98 Å². The fraction of sp³-hybridized carbons (Fsp3) is 0.118. The zero-order valence-electron chi connectivity index (χ0n) is 13.6. The molecule has 0 N–H and O–H groups in total. The topological polar surface area (TPSA) is 95.5 Å². The van der Waals surface area contributed by atoms with Gasteiger partial charge in [0.05, 0.1) is 27.6 Å². The van der Waals surface area contributed by atoms with Gasteiger partial charge in [0.25, 0.3) is 5.89 Å². The molecule has 0 saturated carbocycles. The van der Waals surface area contributed by atoms with Crippen LogP contribution in [0.2, 0.25) is 0 Å². The molecule has 4 rings (SSSR count). The van der Waals surface area contributed by atoms with Crippen molar-refractivity contribution in [3.05, 3.63) is 65.6 Å². The van der Waals surface area contributed by atoms with E-state index in [0.29, 0.717) is 17.3 Å². The van der Waals surface area contributed by atoms with Crippen LogP contribution in [0.4, 0.5) is 0 Å². The van der Waals surface area contributed by atoms with Crippen LogP contribution < -0.4 is 4.74 Å². The predicted molar refractivity (Wildman–Crippen MR) is 95.2 cm³/mol. The van der Waals surface area contributed by atoms with Gasteiger partial charge in [-0.2, -0.15) is 0 Å². The molecular formula is C17H13N5O3S. The third-order valence-electron chi connectivity index (χ3n) is 3.54. The van der Waals surface area contributed by atoms with Crippen molar-refractivity contribution >= 4 is 27.8 Å². The first-order chi connectivity index (χ1) is 12.8. The molecule has 8 nitrogen and oxygen atoms in total. The lowest BCUT2D eigenvalue weighted by molar-refractivity contribution is 0.203. The number of pyridine rings is 1. The number of rotatable bonds is 6. The first-order valence-corrected chi connectivity index (χ1v) is 8.50. The molecule has 26 heavy (non-hydrogen) atoms. The molecule has 0 spiro atoms. The van der Waals surface area contributed by atoms with E-state index in [-0.39, 0.29) is 0 Å². The number of aromatic nitrogens is 4. The summed E-state index contributed by atoms with van der Waals surface area (Å²) in [6.07, 6.45) is 3.85. The number of hydrogen-bond donors (Lipinski definition) is 0. The quantitative estimate of drug-likeness (QED) is 0.381. The van der Waals surface area contributed by atoms with E-state index >= 15 is 0 Å². The lowest BCUT2D eigenvalue weighted by Gasteiger charge is -2.15. The van der Waals surface area contributed by atoms with Crippen LogP contribution in [0.3, 0.4) is 0 Å². The second-order valence-electron chi connectivity index (χ2n) is 5.19. The summed E-state index contributed by atoms with van der Waals surface area (Å²) < 4.78 is 12.5. The van der Waals surface area contributed by atoms with Crippen molar-refractivity contribution in [3.63, 3.8) is 0 Å². The van der Waals surface area contributed by atoms with Gasteiger partial charge in [-0.1, -0.05) is 5.16 Å². The third kappa shape index (κ3) is 3.38. The van der Waals surface area contributed by atoms with Crippen molar-refractivity contribution in [1.29, 1.82) is 0 Å². The molecule has 1 unspecified atom stereocenters. The second-order valence-corrected chi connectivity index (χ2v) is 6.07. The van der Waals surface area contributed by atoms with Crippen LogP contribution in [0.5, 0.6) is 5.75 Å². The van der Waals surface area contributed by atoms with Crippen molar-refractivity contribution in [2.45, 2.75) is 6.10 Å². The number of oxime groups is 1. The van der Waals surface area contributed by atoms with Crippen LogP contribution in [0, 0.1) is 0 Å². The Morgan fingerprint density at radius 3 is 3.04 bits per heavy atom. The van der Waals surface area contributed by atoms with Crippen LogP contribution in [0.1, 0.15) is 23.3 Å². The van der Waals surface area contributed by atoms with Gasteiger partial charge in [0, 0.05) is 6.20 Å². The molecule has 0 bridgehead atoms. The van der Waals surface area contributed by atoms with Gasteiger partial charge in [-0.05, 0) is 35.9 Å². The smallest absolute Gasteiger partial charge is 0.263 e. The molecule has 9 heteroatoms. The number of hydrogen-bond acceptors (Lipinski definition) is 9. The number of thiazole rings is 1. The summed E-state index contributed by atoms with van der Waals surface area (Å²) in [4.78, 5) is 13.4. The van der Waals surface area contributed by atoms with E-state index in [4.69, 9.17) is 14.0 Å². The summed E-state index contributed by atoms with van der Waals surface area (Å²) in [5.74, 6) is 0.963. The van der Waals surface area contributed by atoms with Crippen LogP contribution in [0.15, 0.2) is 58.0 Å². The van der Waals surface area contributed by atoms with Crippen LogP contribution in [-0.4, -0.2) is 33.5 Å². The standard InChI is InChI=1S/C17H13N5O3S/c1-23-21-8-11-4-5-18-14(6-11)16(17-22-20-9-24-17)25-12-2-3-13-15(7-12)26-10-19-13/h2-10,16H,1H3/b21-8+. The van der Waals surface area contributed by atoms with Crippen LogP contribution in [-0.2, 0) is 4.84 Å². The zero-order valence-corrected chi connectivity index (χ0v) is 14.5. The highest BCUT2D eigenvalue weighted by atomic mass is 32.1. The summed E-state index contributed by atoms with van der Waals surface area (Å²) in [7, 11) is 1.48. The minimum Gasteiger partial charge on any atom is -0.474 e. The Labute approximate surface area is 152 Å². The Kier molecular flexibility index (Phi) is 4.52. The molecule has 0 aliphatic carbocycles. The van der Waals surface area contributed by atoms with E-state index in [1.54, 1.807) is 35.3 Å². The van der Waals surface area contributed by atoms with Crippen molar-refractivity contribution < 1.29 is 14.0 Å². The highest BCUT2D eigenvalue weighted by molar-refractivity contribution is 7.16. The fourth-order valence-electron chi connectivity index (χ4n) is 2.38. The number of ether oxygens (including phenoxy) is 1. The molecule has 0 saturated heterocycles. The van der Waals surface area contributed by atoms with E-state index in [1.165, 1.54) is 13.5 Å². The largest absolute Gasteiger partial charge is 0.474 e. The van der Waals surface area contributed by atoms with E-state index in [0.717, 1.165) is 15.8 Å². The summed E-state index contributed by atoms with van der Waals surface area (Å²) in [5.41, 5.74) is 4.14. The Balaban J connectivity index is 1.70. The molecule has 0 amide bonds. The van der Waals surface area contributed by atoms with E-state index < -0.39 is 6.10 Å². The summed E-state index contributed by atoms with van der Waals surface area (Å²) in [6, 6.07) is 9.30. The van der Waals surface area contributed by atoms with Crippen molar-refractivity contribution in [1.82, 2.24) is 20.2 Å². The van der Waals surface area contributed by atoms with Crippen molar-refractivity contribution in [3.8, 4) is 5.75 Å². The Morgan fingerprint density at radius 2 is 2.19 bits per heavy atom. The van der Waals surface area contributed by atoms with Gasteiger partial charge in [0.2, 0.25) is 12.5 Å². The lowest BCUT2D eigenvalue weighted by Crippen LogP contribution is -2.12. The Bertz CT molecular complexity index is 1030. The molecule has 130 valence electrons. The minimum atomic E-state index is -0.654. The first kappa shape index (κ1) is 16.2. The molecule has 0 fully saturated rings. The molecule has 3 aromatic heterocycles. The molecule has 4 aromatic rings. The molecular weight excluding hydrogens is 354 g/mol. The van der Waals surface area contributed by atoms with Gasteiger partial charge in [0.15, 0.2) is 0 Å². The number of nitrogens with zero attached hydrogens (tertiary/aromatic N) is 5. The first-order valence-electron chi connectivity index (χ1n) is 7.62. The average molecular weight is 367 g/mol. The van der Waals surface area contributed by atoms with Gasteiger partial charge in [-0.25, -0.2) is 4.98 Å². The number of fused-ring (bicyclic) bond motifs is 1. The average Bonchev–Trinajstić information content (AvgIpc) is 3.36. The molecule has 1 atom stereocenters. The summed E-state index contributed by atoms with van der Waals surface area (Å²) in [5, 5.41) is 11.5. The zero-order chi connectivity index (χ0) is 17.8. The fourth-order valence-corrected chi connectivity index (χ4v) is 3.09. The van der Waals surface area contributed by atoms with E-state index in [1.807, 2.05) is 24.3 Å². The maximum absolute atomic E-state index is 6.13. The predicted octanol–water partition coefficient (Wildman–Crippen LogP) is 3.22. The SMILES string of the molecule is CO/N=C/c1ccnc(C(Oc2ccc3ncsc3c2)c2nnco2)c1. The maximum atomic E-state index is 6.13. The third-order valence-corrected chi connectivity index (χ3v) is 4.33.